The summed E-state index contributed by atoms with van der Waals surface area (Å²) in [5.41, 5.74) is 0. The highest BCUT2D eigenvalue weighted by Crippen LogP contribution is 2.25. The summed E-state index contributed by atoms with van der Waals surface area (Å²) < 4.78 is 31.5. The molecule has 0 spiro atoms. The molecule has 2 aromatic rings. The summed E-state index contributed by atoms with van der Waals surface area (Å²) in [6.07, 6.45) is 1.55. The summed E-state index contributed by atoms with van der Waals surface area (Å²) in [5.74, 6) is -0.325. The zero-order valence-electron chi connectivity index (χ0n) is 9.78. The van der Waals surface area contributed by atoms with Gasteiger partial charge >= 0.3 is 0 Å². The molecule has 1 aromatic heterocycles. The number of halogens is 2. The molecule has 1 aromatic carbocycles. The van der Waals surface area contributed by atoms with Gasteiger partial charge in [0.15, 0.2) is 11.6 Å². The molecule has 5 heteroatoms. The van der Waals surface area contributed by atoms with Crippen molar-refractivity contribution in [1.29, 1.82) is 0 Å². The Morgan fingerprint density at radius 2 is 2.06 bits per heavy atom. The van der Waals surface area contributed by atoms with E-state index in [2.05, 4.69) is 10.3 Å². The Bertz CT molecular complexity index is 546. The lowest BCUT2D eigenvalue weighted by Gasteiger charge is -2.08. The van der Waals surface area contributed by atoms with Crippen LogP contribution in [-0.4, -0.2) is 11.5 Å². The van der Waals surface area contributed by atoms with E-state index in [1.807, 2.05) is 6.92 Å². The molecule has 0 radical (unpaired) electrons. The second-order valence-electron chi connectivity index (χ2n) is 3.58. The van der Waals surface area contributed by atoms with E-state index in [9.17, 15) is 8.78 Å². The van der Waals surface area contributed by atoms with Crippen molar-refractivity contribution in [3.63, 3.8) is 0 Å². The van der Waals surface area contributed by atoms with Crippen LogP contribution in [0.1, 0.15) is 6.92 Å². The fraction of sp³-hybridized carbons (Fsp3) is 0.154. The molecule has 0 amide bonds. The lowest BCUT2D eigenvalue weighted by Crippen LogP contribution is -1.99. The van der Waals surface area contributed by atoms with E-state index >= 15 is 0 Å². The maximum Gasteiger partial charge on any atom is 0.168 e. The summed E-state index contributed by atoms with van der Waals surface area (Å²) in [5, 5.41) is 3.01. The maximum atomic E-state index is 13.4. The Morgan fingerprint density at radius 1 is 1.22 bits per heavy atom. The lowest BCUT2D eigenvalue weighted by atomic mass is 10.3. The smallest absolute Gasteiger partial charge is 0.168 e. The van der Waals surface area contributed by atoms with Crippen LogP contribution >= 0.6 is 0 Å². The second-order valence-corrected chi connectivity index (χ2v) is 3.58. The van der Waals surface area contributed by atoms with Crippen LogP contribution in [0.4, 0.5) is 14.6 Å². The molecule has 0 bridgehead atoms. The molecule has 0 atom stereocenters. The molecular formula is C13H12F2N2O. The molecule has 2 rings (SSSR count). The number of aromatic nitrogens is 1. The quantitative estimate of drug-likeness (QED) is 0.900. The van der Waals surface area contributed by atoms with E-state index in [4.69, 9.17) is 4.74 Å². The molecule has 1 N–H and O–H groups in total. The van der Waals surface area contributed by atoms with Crippen LogP contribution in [0.25, 0.3) is 0 Å². The zero-order valence-corrected chi connectivity index (χ0v) is 9.78. The summed E-state index contributed by atoms with van der Waals surface area (Å²) in [7, 11) is 0. The van der Waals surface area contributed by atoms with Crippen molar-refractivity contribution in [1.82, 2.24) is 4.98 Å². The van der Waals surface area contributed by atoms with E-state index < -0.39 is 11.6 Å². The Balaban J connectivity index is 2.20. The van der Waals surface area contributed by atoms with Crippen molar-refractivity contribution in [2.24, 2.45) is 0 Å². The number of ether oxygens (including phenoxy) is 1. The predicted molar refractivity (Wildman–Crippen MR) is 64.8 cm³/mol. The lowest BCUT2D eigenvalue weighted by molar-refractivity contribution is 0.437. The third-order valence-electron chi connectivity index (χ3n) is 2.21. The normalized spacial score (nSPS) is 10.2. The number of pyridine rings is 1. The first-order valence-corrected chi connectivity index (χ1v) is 5.52. The average Bonchev–Trinajstić information content (AvgIpc) is 2.34. The molecule has 0 aliphatic carbocycles. The molecule has 3 nitrogen and oxygen atoms in total. The van der Waals surface area contributed by atoms with E-state index in [1.165, 1.54) is 6.07 Å². The minimum Gasteiger partial charge on any atom is -0.454 e. The molecule has 0 unspecified atom stereocenters. The van der Waals surface area contributed by atoms with Gasteiger partial charge in [0, 0.05) is 24.9 Å². The highest BCUT2D eigenvalue weighted by molar-refractivity contribution is 5.42. The van der Waals surface area contributed by atoms with Gasteiger partial charge in [-0.15, -0.1) is 0 Å². The van der Waals surface area contributed by atoms with Crippen LogP contribution in [0.2, 0.25) is 0 Å². The summed E-state index contributed by atoms with van der Waals surface area (Å²) in [6.45, 7) is 2.66. The maximum absolute atomic E-state index is 13.4. The van der Waals surface area contributed by atoms with Gasteiger partial charge in [-0.2, -0.15) is 0 Å². The van der Waals surface area contributed by atoms with Crippen molar-refractivity contribution in [2.75, 3.05) is 11.9 Å². The zero-order chi connectivity index (χ0) is 13.0. The topological polar surface area (TPSA) is 34.1 Å². The van der Waals surface area contributed by atoms with Gasteiger partial charge in [-0.05, 0) is 25.1 Å². The van der Waals surface area contributed by atoms with Crippen molar-refractivity contribution < 1.29 is 13.5 Å². The summed E-state index contributed by atoms with van der Waals surface area (Å²) in [4.78, 5) is 4.06. The minimum absolute atomic E-state index is 0.0231. The molecule has 0 fully saturated rings. The van der Waals surface area contributed by atoms with Gasteiger partial charge in [-0.1, -0.05) is 0 Å². The van der Waals surface area contributed by atoms with E-state index in [0.29, 0.717) is 11.6 Å². The number of anilines is 1. The van der Waals surface area contributed by atoms with E-state index in [0.717, 1.165) is 18.7 Å². The third-order valence-corrected chi connectivity index (χ3v) is 2.21. The number of nitrogens with zero attached hydrogens (tertiary/aromatic N) is 1. The average molecular weight is 250 g/mol. The molecule has 0 aliphatic heterocycles. The van der Waals surface area contributed by atoms with Gasteiger partial charge in [-0.3, -0.25) is 0 Å². The third kappa shape index (κ3) is 2.94. The molecule has 0 saturated carbocycles. The molecule has 0 aliphatic rings. The first-order chi connectivity index (χ1) is 8.69. The molecule has 18 heavy (non-hydrogen) atoms. The van der Waals surface area contributed by atoms with Crippen molar-refractivity contribution in [2.45, 2.75) is 6.92 Å². The molecular weight excluding hydrogens is 238 g/mol. The van der Waals surface area contributed by atoms with Crippen LogP contribution in [-0.2, 0) is 0 Å². The number of benzene rings is 1. The fourth-order valence-corrected chi connectivity index (χ4v) is 1.44. The van der Waals surface area contributed by atoms with Crippen LogP contribution < -0.4 is 10.1 Å². The minimum atomic E-state index is -0.739. The summed E-state index contributed by atoms with van der Waals surface area (Å²) in [6, 6.07) is 6.42. The summed E-state index contributed by atoms with van der Waals surface area (Å²) >= 11 is 0. The van der Waals surface area contributed by atoms with Crippen molar-refractivity contribution in [3.8, 4) is 11.5 Å². The van der Waals surface area contributed by atoms with E-state index in [1.54, 1.807) is 18.3 Å². The number of hydrogen-bond acceptors (Lipinski definition) is 3. The largest absolute Gasteiger partial charge is 0.454 e. The molecule has 1 heterocycles. The first-order valence-electron chi connectivity index (χ1n) is 5.52. The number of hydrogen-bond donors (Lipinski definition) is 1. The number of rotatable bonds is 4. The van der Waals surface area contributed by atoms with Gasteiger partial charge < -0.3 is 10.1 Å². The highest BCUT2D eigenvalue weighted by Gasteiger charge is 2.06. The van der Waals surface area contributed by atoms with Crippen LogP contribution in [0.5, 0.6) is 11.5 Å². The van der Waals surface area contributed by atoms with Crippen LogP contribution in [0, 0.1) is 11.6 Å². The van der Waals surface area contributed by atoms with Crippen LogP contribution in [0.15, 0.2) is 36.5 Å². The van der Waals surface area contributed by atoms with Gasteiger partial charge in [-0.25, -0.2) is 13.8 Å². The van der Waals surface area contributed by atoms with Gasteiger partial charge in [0.25, 0.3) is 0 Å². The van der Waals surface area contributed by atoms with Gasteiger partial charge in [0.05, 0.1) is 0 Å². The van der Waals surface area contributed by atoms with Crippen LogP contribution in [0.3, 0.4) is 0 Å². The van der Waals surface area contributed by atoms with Crippen molar-refractivity contribution >= 4 is 5.82 Å². The fourth-order valence-electron chi connectivity index (χ4n) is 1.44. The van der Waals surface area contributed by atoms with E-state index in [-0.39, 0.29) is 5.75 Å². The number of nitrogens with one attached hydrogen (secondary N) is 1. The second kappa shape index (κ2) is 5.44. The monoisotopic (exact) mass is 250 g/mol. The predicted octanol–water partition coefficient (Wildman–Crippen LogP) is 3.58. The standard InChI is InChI=1S/C13H12F2N2O/c1-2-16-13-8-10(5-6-17-13)18-12-4-3-9(14)7-11(12)15/h3-8H,2H2,1H3,(H,16,17). The van der Waals surface area contributed by atoms with Gasteiger partial charge in [0.2, 0.25) is 0 Å². The van der Waals surface area contributed by atoms with Crippen molar-refractivity contribution in [3.05, 3.63) is 48.2 Å². The Kier molecular flexibility index (Phi) is 3.72. The molecule has 0 saturated heterocycles. The molecule has 94 valence electrons. The Hall–Kier alpha value is -2.17. The highest BCUT2D eigenvalue weighted by atomic mass is 19.1. The Morgan fingerprint density at radius 3 is 2.78 bits per heavy atom. The SMILES string of the molecule is CCNc1cc(Oc2ccc(F)cc2F)ccn1. The van der Waals surface area contributed by atoms with Gasteiger partial charge in [0.1, 0.15) is 17.4 Å². The first kappa shape index (κ1) is 12.3. The Labute approximate surface area is 103 Å².